The molecule has 0 spiro atoms. The van der Waals surface area contributed by atoms with E-state index in [2.05, 4.69) is 16.5 Å². The number of hydrogen-bond acceptors (Lipinski definition) is 3. The predicted octanol–water partition coefficient (Wildman–Crippen LogP) is 3.58. The first-order chi connectivity index (χ1) is 10.2. The summed E-state index contributed by atoms with van der Waals surface area (Å²) in [6.07, 6.45) is 4.39. The minimum Gasteiger partial charge on any atom is -0.478 e. The summed E-state index contributed by atoms with van der Waals surface area (Å²) in [6.45, 7) is 3.01. The molecule has 2 aromatic rings. The first kappa shape index (κ1) is 14.4. The summed E-state index contributed by atoms with van der Waals surface area (Å²) in [4.78, 5) is 16.2. The molecule has 1 aromatic heterocycles. The van der Waals surface area contributed by atoms with Crippen molar-refractivity contribution in [1.82, 2.24) is 9.55 Å². The molecule has 3 rings (SSSR count). The van der Waals surface area contributed by atoms with Gasteiger partial charge in [0.2, 0.25) is 0 Å². The van der Waals surface area contributed by atoms with Crippen molar-refractivity contribution in [3.63, 3.8) is 0 Å². The van der Waals surface area contributed by atoms with Gasteiger partial charge in [-0.1, -0.05) is 13.0 Å². The van der Waals surface area contributed by atoms with E-state index in [1.165, 1.54) is 18.6 Å². The summed E-state index contributed by atoms with van der Waals surface area (Å²) >= 11 is 1.99. The number of aromatic carboxylic acids is 1. The molecule has 1 atom stereocenters. The number of carboxylic acid groups (broad SMARTS) is 1. The van der Waals surface area contributed by atoms with Gasteiger partial charge in [0.05, 0.1) is 16.6 Å². The van der Waals surface area contributed by atoms with Crippen LogP contribution in [-0.2, 0) is 13.0 Å². The fourth-order valence-electron chi connectivity index (χ4n) is 3.01. The van der Waals surface area contributed by atoms with Crippen LogP contribution in [-0.4, -0.2) is 31.6 Å². The van der Waals surface area contributed by atoms with E-state index in [9.17, 15) is 9.90 Å². The summed E-state index contributed by atoms with van der Waals surface area (Å²) in [5.74, 6) is 1.37. The number of carbonyl (C=O) groups is 1. The molecule has 4 nitrogen and oxygen atoms in total. The maximum Gasteiger partial charge on any atom is 0.337 e. The highest BCUT2D eigenvalue weighted by Crippen LogP contribution is 2.30. The van der Waals surface area contributed by atoms with E-state index in [0.717, 1.165) is 36.2 Å². The van der Waals surface area contributed by atoms with Gasteiger partial charge in [0.1, 0.15) is 5.82 Å². The number of aromatic nitrogens is 2. The van der Waals surface area contributed by atoms with Crippen molar-refractivity contribution >= 4 is 28.8 Å². The van der Waals surface area contributed by atoms with Crippen LogP contribution in [0.25, 0.3) is 11.0 Å². The molecule has 0 saturated carbocycles. The van der Waals surface area contributed by atoms with E-state index in [-0.39, 0.29) is 0 Å². The molecule has 1 aromatic carbocycles. The second-order valence-corrected chi connectivity index (χ2v) is 6.91. The lowest BCUT2D eigenvalue weighted by molar-refractivity contribution is 0.0698. The second kappa shape index (κ2) is 6.10. The maximum absolute atomic E-state index is 11.5. The molecule has 1 fully saturated rings. The number of aryl methyl sites for hydroxylation is 1. The summed E-state index contributed by atoms with van der Waals surface area (Å²) in [5.41, 5.74) is 1.97. The van der Waals surface area contributed by atoms with E-state index >= 15 is 0 Å². The van der Waals surface area contributed by atoms with Crippen molar-refractivity contribution in [3.8, 4) is 0 Å². The molecule has 0 amide bonds. The van der Waals surface area contributed by atoms with E-state index < -0.39 is 5.97 Å². The van der Waals surface area contributed by atoms with Gasteiger partial charge in [0.15, 0.2) is 0 Å². The van der Waals surface area contributed by atoms with Crippen molar-refractivity contribution < 1.29 is 9.90 Å². The summed E-state index contributed by atoms with van der Waals surface area (Å²) in [5, 5.41) is 10.0. The van der Waals surface area contributed by atoms with Crippen molar-refractivity contribution in [2.75, 3.05) is 5.75 Å². The van der Waals surface area contributed by atoms with Crippen LogP contribution in [0.15, 0.2) is 18.2 Å². The van der Waals surface area contributed by atoms with Crippen LogP contribution in [0.4, 0.5) is 0 Å². The number of para-hydroxylation sites is 1. The number of imidazole rings is 1. The largest absolute Gasteiger partial charge is 0.478 e. The third-order valence-corrected chi connectivity index (χ3v) is 5.34. The SMILES string of the molecule is CCCc1nc2cccc(C(=O)O)c2n1CC1CCCS1. The van der Waals surface area contributed by atoms with Gasteiger partial charge in [-0.3, -0.25) is 0 Å². The fraction of sp³-hybridized carbons (Fsp3) is 0.500. The average molecular weight is 304 g/mol. The molecule has 5 heteroatoms. The second-order valence-electron chi connectivity index (χ2n) is 5.50. The smallest absolute Gasteiger partial charge is 0.337 e. The first-order valence-electron chi connectivity index (χ1n) is 7.53. The van der Waals surface area contributed by atoms with Gasteiger partial charge >= 0.3 is 5.97 Å². The average Bonchev–Trinajstić information content (AvgIpc) is 3.08. The number of hydrogen-bond donors (Lipinski definition) is 1. The standard InChI is InChI=1S/C16H20N2O2S/c1-2-5-14-17-13-8-3-7-12(16(19)20)15(13)18(14)10-11-6-4-9-21-11/h3,7-8,11H,2,4-6,9-10H2,1H3,(H,19,20). The Labute approximate surface area is 128 Å². The van der Waals surface area contributed by atoms with Crippen molar-refractivity contribution in [3.05, 3.63) is 29.6 Å². The lowest BCUT2D eigenvalue weighted by Gasteiger charge is -2.14. The number of thioether (sulfide) groups is 1. The third kappa shape index (κ3) is 2.79. The number of rotatable bonds is 5. The minimum absolute atomic E-state index is 0.366. The Hall–Kier alpha value is -1.49. The van der Waals surface area contributed by atoms with Gasteiger partial charge in [-0.25, -0.2) is 9.78 Å². The Morgan fingerprint density at radius 3 is 3.05 bits per heavy atom. The molecule has 0 radical (unpaired) electrons. The zero-order valence-corrected chi connectivity index (χ0v) is 13.0. The number of nitrogens with zero attached hydrogens (tertiary/aromatic N) is 2. The van der Waals surface area contributed by atoms with Crippen LogP contribution in [0.1, 0.15) is 42.4 Å². The lowest BCUT2D eigenvalue weighted by Crippen LogP contribution is -2.14. The van der Waals surface area contributed by atoms with Gasteiger partial charge < -0.3 is 9.67 Å². The quantitative estimate of drug-likeness (QED) is 0.917. The molecule has 1 saturated heterocycles. The minimum atomic E-state index is -0.871. The number of fused-ring (bicyclic) bond motifs is 1. The highest BCUT2D eigenvalue weighted by Gasteiger charge is 2.22. The van der Waals surface area contributed by atoms with Crippen LogP contribution in [0.5, 0.6) is 0 Å². The molecule has 2 heterocycles. The van der Waals surface area contributed by atoms with E-state index in [1.54, 1.807) is 12.1 Å². The van der Waals surface area contributed by atoms with Gasteiger partial charge in [-0.15, -0.1) is 0 Å². The van der Waals surface area contributed by atoms with Crippen LogP contribution >= 0.6 is 11.8 Å². The van der Waals surface area contributed by atoms with Gasteiger partial charge in [0.25, 0.3) is 0 Å². The molecule has 0 bridgehead atoms. The summed E-state index contributed by atoms with van der Waals surface area (Å²) < 4.78 is 2.16. The lowest BCUT2D eigenvalue weighted by atomic mass is 10.1. The monoisotopic (exact) mass is 304 g/mol. The molecule has 1 aliphatic rings. The maximum atomic E-state index is 11.5. The molecule has 1 aliphatic heterocycles. The van der Waals surface area contributed by atoms with Gasteiger partial charge in [0, 0.05) is 18.2 Å². The fourth-order valence-corrected chi connectivity index (χ4v) is 4.26. The van der Waals surface area contributed by atoms with Crippen molar-refractivity contribution in [1.29, 1.82) is 0 Å². The number of carboxylic acids is 1. The zero-order valence-electron chi connectivity index (χ0n) is 12.2. The first-order valence-corrected chi connectivity index (χ1v) is 8.58. The van der Waals surface area contributed by atoms with Crippen LogP contribution < -0.4 is 0 Å². The zero-order chi connectivity index (χ0) is 14.8. The Morgan fingerprint density at radius 2 is 2.38 bits per heavy atom. The molecule has 1 N–H and O–H groups in total. The van der Waals surface area contributed by atoms with Crippen molar-refractivity contribution in [2.24, 2.45) is 0 Å². The third-order valence-electron chi connectivity index (χ3n) is 3.96. The predicted molar refractivity (Wildman–Crippen MR) is 86.2 cm³/mol. The van der Waals surface area contributed by atoms with Crippen LogP contribution in [0, 0.1) is 0 Å². The highest BCUT2D eigenvalue weighted by molar-refractivity contribution is 8.00. The molecule has 0 aliphatic carbocycles. The van der Waals surface area contributed by atoms with Crippen molar-refractivity contribution in [2.45, 2.75) is 44.4 Å². The summed E-state index contributed by atoms with van der Waals surface area (Å²) in [7, 11) is 0. The Kier molecular flexibility index (Phi) is 4.19. The molecular formula is C16H20N2O2S. The highest BCUT2D eigenvalue weighted by atomic mass is 32.2. The van der Waals surface area contributed by atoms with E-state index in [1.807, 2.05) is 17.8 Å². The van der Waals surface area contributed by atoms with E-state index in [4.69, 9.17) is 0 Å². The molecule has 21 heavy (non-hydrogen) atoms. The molecule has 112 valence electrons. The van der Waals surface area contributed by atoms with Gasteiger partial charge in [-0.05, 0) is 37.1 Å². The van der Waals surface area contributed by atoms with Crippen LogP contribution in [0.2, 0.25) is 0 Å². The van der Waals surface area contributed by atoms with Crippen LogP contribution in [0.3, 0.4) is 0 Å². The number of benzene rings is 1. The van der Waals surface area contributed by atoms with Gasteiger partial charge in [-0.2, -0.15) is 11.8 Å². The molecular weight excluding hydrogens is 284 g/mol. The topological polar surface area (TPSA) is 55.1 Å². The summed E-state index contributed by atoms with van der Waals surface area (Å²) in [6, 6.07) is 5.38. The Bertz CT molecular complexity index is 660. The normalized spacial score (nSPS) is 18.4. The Morgan fingerprint density at radius 1 is 1.52 bits per heavy atom. The van der Waals surface area contributed by atoms with E-state index in [0.29, 0.717) is 10.8 Å². The molecule has 1 unspecified atom stereocenters. The Balaban J connectivity index is 2.11.